The highest BCUT2D eigenvalue weighted by molar-refractivity contribution is 7.09. The summed E-state index contributed by atoms with van der Waals surface area (Å²) >= 11 is 7.62. The van der Waals surface area contributed by atoms with Crippen molar-refractivity contribution in [1.29, 1.82) is 0 Å². The highest BCUT2D eigenvalue weighted by Gasteiger charge is 2.19. The fraction of sp³-hybridized carbons (Fsp3) is 0.0952. The highest BCUT2D eigenvalue weighted by Crippen LogP contribution is 2.24. The molecule has 0 unspecified atom stereocenters. The Bertz CT molecular complexity index is 858. The molecule has 1 heterocycles. The van der Waals surface area contributed by atoms with Crippen LogP contribution in [0, 0.1) is 0 Å². The zero-order valence-corrected chi connectivity index (χ0v) is 15.7. The van der Waals surface area contributed by atoms with Gasteiger partial charge < -0.3 is 9.64 Å². The van der Waals surface area contributed by atoms with E-state index in [0.717, 1.165) is 10.6 Å². The maximum absolute atomic E-state index is 13.1. The number of carbonyl (C=O) groups excluding carboxylic acids is 1. The first-order valence-corrected chi connectivity index (χ1v) is 9.36. The molecule has 0 N–H and O–H groups in total. The van der Waals surface area contributed by atoms with Gasteiger partial charge in [0.25, 0.3) is 5.91 Å². The van der Waals surface area contributed by atoms with E-state index < -0.39 is 0 Å². The fourth-order valence-corrected chi connectivity index (χ4v) is 3.28. The first-order valence-electron chi connectivity index (χ1n) is 8.11. The smallest absolute Gasteiger partial charge is 0.258 e. The van der Waals surface area contributed by atoms with Crippen molar-refractivity contribution in [2.45, 2.75) is 6.54 Å². The van der Waals surface area contributed by atoms with Gasteiger partial charge in [-0.05, 0) is 60.0 Å². The molecule has 0 saturated heterocycles. The van der Waals surface area contributed by atoms with E-state index in [4.69, 9.17) is 16.3 Å². The number of thiophene rings is 1. The first kappa shape index (κ1) is 18.2. The normalized spacial score (nSPS) is 10.3. The van der Waals surface area contributed by atoms with Crippen LogP contribution in [0.4, 0.5) is 5.69 Å². The summed E-state index contributed by atoms with van der Waals surface area (Å²) in [4.78, 5) is 16.0. The second-order valence-corrected chi connectivity index (χ2v) is 7.04. The van der Waals surface area contributed by atoms with Gasteiger partial charge in [-0.1, -0.05) is 30.3 Å². The van der Waals surface area contributed by atoms with E-state index in [1.165, 1.54) is 0 Å². The van der Waals surface area contributed by atoms with Crippen LogP contribution in [0.3, 0.4) is 0 Å². The standard InChI is InChI=1S/C21H18ClNO2S/c1-2-13-25-19-11-5-16(6-12-19)21(24)23(15-20-4-3-14-26-20)18-9-7-17(22)8-10-18/h2-12,14H,1,13,15H2. The van der Waals surface area contributed by atoms with Crippen LogP contribution >= 0.6 is 22.9 Å². The van der Waals surface area contributed by atoms with Crippen LogP contribution in [0.5, 0.6) is 5.75 Å². The quantitative estimate of drug-likeness (QED) is 0.481. The van der Waals surface area contributed by atoms with Crippen molar-refractivity contribution in [2.75, 3.05) is 11.5 Å². The third kappa shape index (κ3) is 4.54. The van der Waals surface area contributed by atoms with Crippen molar-refractivity contribution in [3.05, 3.63) is 94.2 Å². The summed E-state index contributed by atoms with van der Waals surface area (Å²) in [6, 6.07) is 18.4. The van der Waals surface area contributed by atoms with Crippen molar-refractivity contribution < 1.29 is 9.53 Å². The molecular weight excluding hydrogens is 366 g/mol. The molecule has 0 radical (unpaired) electrons. The van der Waals surface area contributed by atoms with Gasteiger partial charge in [0, 0.05) is 21.2 Å². The number of anilines is 1. The number of amides is 1. The lowest BCUT2D eigenvalue weighted by molar-refractivity contribution is 0.0985. The largest absolute Gasteiger partial charge is 0.490 e. The van der Waals surface area contributed by atoms with Gasteiger partial charge in [-0.2, -0.15) is 0 Å². The number of rotatable bonds is 7. The number of hydrogen-bond donors (Lipinski definition) is 0. The molecule has 5 heteroatoms. The lowest BCUT2D eigenvalue weighted by atomic mass is 10.1. The van der Waals surface area contributed by atoms with Gasteiger partial charge in [0.05, 0.1) is 6.54 Å². The molecule has 0 atom stereocenters. The van der Waals surface area contributed by atoms with Crippen molar-refractivity contribution in [3.8, 4) is 5.75 Å². The van der Waals surface area contributed by atoms with E-state index in [1.807, 2.05) is 29.6 Å². The molecule has 0 bridgehead atoms. The van der Waals surface area contributed by atoms with Crippen LogP contribution < -0.4 is 9.64 Å². The Kier molecular flexibility index (Phi) is 6.10. The molecule has 132 valence electrons. The van der Waals surface area contributed by atoms with Gasteiger partial charge in [-0.25, -0.2) is 0 Å². The molecule has 0 aliphatic rings. The summed E-state index contributed by atoms with van der Waals surface area (Å²) in [5, 5.41) is 2.65. The van der Waals surface area contributed by atoms with Gasteiger partial charge in [0.1, 0.15) is 12.4 Å². The third-order valence-electron chi connectivity index (χ3n) is 3.75. The highest BCUT2D eigenvalue weighted by atomic mass is 35.5. The minimum Gasteiger partial charge on any atom is -0.490 e. The van der Waals surface area contributed by atoms with Crippen LogP contribution in [0.15, 0.2) is 78.7 Å². The minimum atomic E-state index is -0.0732. The van der Waals surface area contributed by atoms with Crippen molar-refractivity contribution in [1.82, 2.24) is 0 Å². The van der Waals surface area contributed by atoms with Crippen LogP contribution in [0.25, 0.3) is 0 Å². The van der Waals surface area contributed by atoms with E-state index in [-0.39, 0.29) is 5.91 Å². The molecule has 3 nitrogen and oxygen atoms in total. The van der Waals surface area contributed by atoms with Gasteiger partial charge in [0.15, 0.2) is 0 Å². The van der Waals surface area contributed by atoms with E-state index in [0.29, 0.717) is 29.5 Å². The summed E-state index contributed by atoms with van der Waals surface area (Å²) in [5.74, 6) is 0.633. The SMILES string of the molecule is C=CCOc1ccc(C(=O)N(Cc2cccs2)c2ccc(Cl)cc2)cc1. The summed E-state index contributed by atoms with van der Waals surface area (Å²) in [5.41, 5.74) is 1.40. The molecule has 3 rings (SSSR count). The summed E-state index contributed by atoms with van der Waals surface area (Å²) in [7, 11) is 0. The van der Waals surface area contributed by atoms with E-state index in [2.05, 4.69) is 6.58 Å². The second kappa shape index (κ2) is 8.70. The molecule has 0 aliphatic heterocycles. The molecule has 1 aromatic heterocycles. The monoisotopic (exact) mass is 383 g/mol. The molecule has 0 aliphatic carbocycles. The van der Waals surface area contributed by atoms with E-state index in [9.17, 15) is 4.79 Å². The van der Waals surface area contributed by atoms with Crippen LogP contribution in [0.1, 0.15) is 15.2 Å². The lowest BCUT2D eigenvalue weighted by Gasteiger charge is -2.22. The van der Waals surface area contributed by atoms with Crippen molar-refractivity contribution in [2.24, 2.45) is 0 Å². The number of halogens is 1. The Hall–Kier alpha value is -2.56. The Morgan fingerprint density at radius 2 is 1.85 bits per heavy atom. The van der Waals surface area contributed by atoms with Crippen molar-refractivity contribution >= 4 is 34.5 Å². The Balaban J connectivity index is 1.86. The molecule has 2 aromatic carbocycles. The van der Waals surface area contributed by atoms with Crippen LogP contribution in [0.2, 0.25) is 5.02 Å². The third-order valence-corrected chi connectivity index (χ3v) is 4.86. The second-order valence-electron chi connectivity index (χ2n) is 5.57. The molecule has 26 heavy (non-hydrogen) atoms. The maximum atomic E-state index is 13.1. The number of hydrogen-bond acceptors (Lipinski definition) is 3. The van der Waals surface area contributed by atoms with Crippen molar-refractivity contribution in [3.63, 3.8) is 0 Å². The van der Waals surface area contributed by atoms with Gasteiger partial charge in [0.2, 0.25) is 0 Å². The first-order chi connectivity index (χ1) is 12.7. The summed E-state index contributed by atoms with van der Waals surface area (Å²) < 4.78 is 5.48. The van der Waals surface area contributed by atoms with Gasteiger partial charge in [-0.3, -0.25) is 4.79 Å². The zero-order chi connectivity index (χ0) is 18.4. The Morgan fingerprint density at radius 1 is 1.12 bits per heavy atom. The fourth-order valence-electron chi connectivity index (χ4n) is 2.46. The molecule has 1 amide bonds. The average Bonchev–Trinajstić information content (AvgIpc) is 3.18. The van der Waals surface area contributed by atoms with Crippen LogP contribution in [-0.2, 0) is 6.54 Å². The van der Waals surface area contributed by atoms with E-state index in [1.54, 1.807) is 58.7 Å². The zero-order valence-electron chi connectivity index (χ0n) is 14.1. The summed E-state index contributed by atoms with van der Waals surface area (Å²) in [6.45, 7) is 4.57. The number of nitrogens with zero attached hydrogens (tertiary/aromatic N) is 1. The molecule has 3 aromatic rings. The maximum Gasteiger partial charge on any atom is 0.258 e. The number of benzene rings is 2. The number of carbonyl (C=O) groups is 1. The molecule has 0 saturated carbocycles. The Morgan fingerprint density at radius 3 is 2.46 bits per heavy atom. The predicted octanol–water partition coefficient (Wildman–Crippen LogP) is 5.81. The predicted molar refractivity (Wildman–Crippen MR) is 108 cm³/mol. The average molecular weight is 384 g/mol. The topological polar surface area (TPSA) is 29.5 Å². The molecule has 0 spiro atoms. The molecular formula is C21H18ClNO2S. The molecule has 0 fully saturated rings. The Labute approximate surface area is 162 Å². The van der Waals surface area contributed by atoms with Gasteiger partial charge in [-0.15, -0.1) is 11.3 Å². The van der Waals surface area contributed by atoms with Gasteiger partial charge >= 0.3 is 0 Å². The summed E-state index contributed by atoms with van der Waals surface area (Å²) in [6.07, 6.45) is 1.68. The number of ether oxygens (including phenoxy) is 1. The van der Waals surface area contributed by atoms with E-state index >= 15 is 0 Å². The lowest BCUT2D eigenvalue weighted by Crippen LogP contribution is -2.30. The minimum absolute atomic E-state index is 0.0732. The van der Waals surface area contributed by atoms with Crippen LogP contribution in [-0.4, -0.2) is 12.5 Å².